The summed E-state index contributed by atoms with van der Waals surface area (Å²) in [7, 11) is 0.314. The Bertz CT molecular complexity index is 804. The second-order valence-corrected chi connectivity index (χ2v) is 7.44. The SMILES string of the molecule is CN(C)c1ccc(C2Nc3ccc(Cl)cc3S(=O)(=O)N2)cc1. The zero-order valence-corrected chi connectivity index (χ0v) is 13.7. The number of nitrogens with zero attached hydrogens (tertiary/aromatic N) is 1. The molecule has 1 heterocycles. The summed E-state index contributed by atoms with van der Waals surface area (Å²) in [6, 6.07) is 12.5. The van der Waals surface area contributed by atoms with Crippen LogP contribution >= 0.6 is 11.6 Å². The van der Waals surface area contributed by atoms with Gasteiger partial charge in [0.25, 0.3) is 0 Å². The maximum Gasteiger partial charge on any atom is 0.244 e. The molecule has 2 aromatic carbocycles. The van der Waals surface area contributed by atoms with Crippen molar-refractivity contribution in [2.45, 2.75) is 11.1 Å². The van der Waals surface area contributed by atoms with E-state index in [0.29, 0.717) is 10.7 Å². The van der Waals surface area contributed by atoms with E-state index in [1.807, 2.05) is 43.3 Å². The first kappa shape index (κ1) is 15.1. The van der Waals surface area contributed by atoms with Gasteiger partial charge in [-0.2, -0.15) is 4.72 Å². The summed E-state index contributed by atoms with van der Waals surface area (Å²) in [6.45, 7) is 0. The molecule has 1 aliphatic rings. The van der Waals surface area contributed by atoms with Crippen LogP contribution < -0.4 is 14.9 Å². The molecule has 5 nitrogen and oxygen atoms in total. The molecule has 1 unspecified atom stereocenters. The normalized spacial score (nSPS) is 19.1. The van der Waals surface area contributed by atoms with E-state index in [2.05, 4.69) is 10.0 Å². The molecule has 0 aromatic heterocycles. The molecule has 2 N–H and O–H groups in total. The van der Waals surface area contributed by atoms with E-state index in [-0.39, 0.29) is 4.90 Å². The predicted molar refractivity (Wildman–Crippen MR) is 88.9 cm³/mol. The van der Waals surface area contributed by atoms with Crippen molar-refractivity contribution in [1.82, 2.24) is 4.72 Å². The Morgan fingerprint density at radius 3 is 2.41 bits per heavy atom. The Morgan fingerprint density at radius 1 is 1.09 bits per heavy atom. The quantitative estimate of drug-likeness (QED) is 0.884. The first-order valence-corrected chi connectivity index (χ1v) is 8.59. The summed E-state index contributed by atoms with van der Waals surface area (Å²) in [4.78, 5) is 2.15. The van der Waals surface area contributed by atoms with Crippen molar-refractivity contribution < 1.29 is 8.42 Å². The lowest BCUT2D eigenvalue weighted by atomic mass is 10.1. The zero-order valence-electron chi connectivity index (χ0n) is 12.2. The number of benzene rings is 2. The van der Waals surface area contributed by atoms with E-state index < -0.39 is 16.2 Å². The molecule has 2 aromatic rings. The maximum atomic E-state index is 12.4. The Labute approximate surface area is 135 Å². The fourth-order valence-electron chi connectivity index (χ4n) is 2.36. The van der Waals surface area contributed by atoms with Crippen LogP contribution in [0.1, 0.15) is 11.7 Å². The third-order valence-electron chi connectivity index (χ3n) is 3.55. The van der Waals surface area contributed by atoms with Gasteiger partial charge in [0.05, 0.1) is 5.69 Å². The molecule has 1 aliphatic heterocycles. The van der Waals surface area contributed by atoms with Crippen LogP contribution in [0.15, 0.2) is 47.4 Å². The molecule has 1 atom stereocenters. The standard InChI is InChI=1S/C15H16ClN3O2S/c1-19(2)12-6-3-10(4-7-12)15-17-13-8-5-11(16)9-14(13)22(20,21)18-15/h3-9,15,17-18H,1-2H3. The highest BCUT2D eigenvalue weighted by molar-refractivity contribution is 7.89. The van der Waals surface area contributed by atoms with Crippen molar-refractivity contribution in [3.05, 3.63) is 53.1 Å². The number of rotatable bonds is 2. The van der Waals surface area contributed by atoms with Crippen LogP contribution in [0.5, 0.6) is 0 Å². The number of nitrogens with one attached hydrogen (secondary N) is 2. The second kappa shape index (κ2) is 5.46. The van der Waals surface area contributed by atoms with Crippen molar-refractivity contribution in [2.75, 3.05) is 24.3 Å². The molecular weight excluding hydrogens is 322 g/mol. The van der Waals surface area contributed by atoms with Crippen LogP contribution in [-0.4, -0.2) is 22.5 Å². The summed E-state index contributed by atoms with van der Waals surface area (Å²) in [6.07, 6.45) is -0.505. The highest BCUT2D eigenvalue weighted by Crippen LogP contribution is 2.33. The smallest absolute Gasteiger partial charge is 0.244 e. The van der Waals surface area contributed by atoms with E-state index in [1.54, 1.807) is 12.1 Å². The number of hydrogen-bond acceptors (Lipinski definition) is 4. The minimum Gasteiger partial charge on any atom is -0.378 e. The van der Waals surface area contributed by atoms with Crippen LogP contribution in [0, 0.1) is 0 Å². The monoisotopic (exact) mass is 337 g/mol. The molecular formula is C15H16ClN3O2S. The van der Waals surface area contributed by atoms with Crippen LogP contribution in [0.3, 0.4) is 0 Å². The fraction of sp³-hybridized carbons (Fsp3) is 0.200. The number of sulfonamides is 1. The van der Waals surface area contributed by atoms with Gasteiger partial charge in [0.15, 0.2) is 0 Å². The minimum atomic E-state index is -3.60. The van der Waals surface area contributed by atoms with Gasteiger partial charge < -0.3 is 10.2 Å². The van der Waals surface area contributed by atoms with Crippen molar-refractivity contribution in [3.63, 3.8) is 0 Å². The van der Waals surface area contributed by atoms with Gasteiger partial charge in [0, 0.05) is 24.8 Å². The Morgan fingerprint density at radius 2 is 1.77 bits per heavy atom. The Kier molecular flexibility index (Phi) is 3.76. The predicted octanol–water partition coefficient (Wildman–Crippen LogP) is 2.81. The van der Waals surface area contributed by atoms with E-state index in [4.69, 9.17) is 11.6 Å². The average Bonchev–Trinajstić information content (AvgIpc) is 2.47. The van der Waals surface area contributed by atoms with Crippen LogP contribution in [-0.2, 0) is 10.0 Å². The molecule has 0 aliphatic carbocycles. The molecule has 116 valence electrons. The Hall–Kier alpha value is -1.76. The summed E-state index contributed by atoms with van der Waals surface area (Å²) >= 11 is 5.88. The van der Waals surface area contributed by atoms with E-state index in [0.717, 1.165) is 11.3 Å². The van der Waals surface area contributed by atoms with Crippen molar-refractivity contribution in [1.29, 1.82) is 0 Å². The number of hydrogen-bond donors (Lipinski definition) is 2. The topological polar surface area (TPSA) is 61.4 Å². The number of halogens is 1. The first-order valence-electron chi connectivity index (χ1n) is 6.72. The van der Waals surface area contributed by atoms with Gasteiger partial charge >= 0.3 is 0 Å². The minimum absolute atomic E-state index is 0.168. The van der Waals surface area contributed by atoms with Gasteiger partial charge in [-0.15, -0.1) is 0 Å². The van der Waals surface area contributed by atoms with Gasteiger partial charge in [0.2, 0.25) is 10.0 Å². The summed E-state index contributed by atoms with van der Waals surface area (Å²) in [5.41, 5.74) is 2.44. The van der Waals surface area contributed by atoms with Gasteiger partial charge in [0.1, 0.15) is 11.1 Å². The lowest BCUT2D eigenvalue weighted by Gasteiger charge is -2.28. The summed E-state index contributed by atoms with van der Waals surface area (Å²) < 4.78 is 27.4. The van der Waals surface area contributed by atoms with Crippen molar-refractivity contribution >= 4 is 33.0 Å². The maximum absolute atomic E-state index is 12.4. The lowest BCUT2D eigenvalue weighted by molar-refractivity contribution is 0.562. The molecule has 22 heavy (non-hydrogen) atoms. The van der Waals surface area contributed by atoms with Crippen molar-refractivity contribution in [2.24, 2.45) is 0 Å². The van der Waals surface area contributed by atoms with E-state index in [9.17, 15) is 8.42 Å². The second-order valence-electron chi connectivity index (χ2n) is 5.33. The molecule has 0 bridgehead atoms. The zero-order chi connectivity index (χ0) is 15.9. The van der Waals surface area contributed by atoms with Gasteiger partial charge in [-0.1, -0.05) is 23.7 Å². The molecule has 7 heteroatoms. The molecule has 0 saturated heterocycles. The Balaban J connectivity index is 1.96. The highest BCUT2D eigenvalue weighted by atomic mass is 35.5. The third-order valence-corrected chi connectivity index (χ3v) is 5.25. The van der Waals surface area contributed by atoms with Crippen LogP contribution in [0.4, 0.5) is 11.4 Å². The van der Waals surface area contributed by atoms with Crippen LogP contribution in [0.2, 0.25) is 5.02 Å². The number of fused-ring (bicyclic) bond motifs is 1. The highest BCUT2D eigenvalue weighted by Gasteiger charge is 2.30. The summed E-state index contributed by atoms with van der Waals surface area (Å²) in [5.74, 6) is 0. The molecule has 0 radical (unpaired) electrons. The van der Waals surface area contributed by atoms with Gasteiger partial charge in [-0.05, 0) is 35.9 Å². The molecule has 3 rings (SSSR count). The van der Waals surface area contributed by atoms with Gasteiger partial charge in [-0.3, -0.25) is 0 Å². The molecule has 0 fully saturated rings. The van der Waals surface area contributed by atoms with Crippen LogP contribution in [0.25, 0.3) is 0 Å². The third kappa shape index (κ3) is 2.77. The van der Waals surface area contributed by atoms with Crippen molar-refractivity contribution in [3.8, 4) is 0 Å². The molecule has 0 spiro atoms. The average molecular weight is 338 g/mol. The largest absolute Gasteiger partial charge is 0.378 e. The molecule has 0 amide bonds. The van der Waals surface area contributed by atoms with E-state index >= 15 is 0 Å². The summed E-state index contributed by atoms with van der Waals surface area (Å²) in [5, 5.41) is 3.57. The fourth-order valence-corrected chi connectivity index (χ4v) is 3.93. The van der Waals surface area contributed by atoms with E-state index in [1.165, 1.54) is 6.07 Å². The van der Waals surface area contributed by atoms with Gasteiger partial charge in [-0.25, -0.2) is 8.42 Å². The lowest BCUT2D eigenvalue weighted by Crippen LogP contribution is -2.38. The molecule has 0 saturated carbocycles. The number of anilines is 2. The first-order chi connectivity index (χ1) is 10.4.